The normalized spacial score (nSPS) is 19.2. The van der Waals surface area contributed by atoms with Gasteiger partial charge in [-0.2, -0.15) is 4.31 Å². The average Bonchev–Trinajstić information content (AvgIpc) is 3.63. The Bertz CT molecular complexity index is 964. The lowest BCUT2D eigenvalue weighted by Crippen LogP contribution is -2.43. The van der Waals surface area contributed by atoms with Gasteiger partial charge in [0.1, 0.15) is 5.75 Å². The minimum absolute atomic E-state index is 0.0391. The number of nitrogens with zero attached hydrogens (tertiary/aromatic N) is 1. The predicted octanol–water partition coefficient (Wildman–Crippen LogP) is 3.36. The quantitative estimate of drug-likeness (QED) is 0.734. The van der Waals surface area contributed by atoms with E-state index in [-0.39, 0.29) is 22.8 Å². The van der Waals surface area contributed by atoms with E-state index in [1.165, 1.54) is 4.31 Å². The number of ether oxygens (including phenoxy) is 1. The zero-order valence-corrected chi connectivity index (χ0v) is 18.0. The summed E-state index contributed by atoms with van der Waals surface area (Å²) in [6, 6.07) is 16.6. The largest absolute Gasteiger partial charge is 0.497 e. The van der Waals surface area contributed by atoms with E-state index in [0.717, 1.165) is 18.4 Å². The summed E-state index contributed by atoms with van der Waals surface area (Å²) in [5.74, 6) is 1.01. The molecule has 2 aromatic rings. The van der Waals surface area contributed by atoms with E-state index in [2.05, 4.69) is 17.4 Å². The second-order valence-electron chi connectivity index (χ2n) is 8.09. The summed E-state index contributed by atoms with van der Waals surface area (Å²) in [5, 5.41) is 3.24. The number of hydrogen-bond acceptors (Lipinski definition) is 4. The Labute approximate surface area is 178 Å². The van der Waals surface area contributed by atoms with E-state index in [4.69, 9.17) is 4.74 Å². The van der Waals surface area contributed by atoms with Crippen LogP contribution in [0.3, 0.4) is 0 Å². The molecule has 7 heteroatoms. The first kappa shape index (κ1) is 20.9. The number of amides is 1. The number of hydrogen-bond donors (Lipinski definition) is 1. The van der Waals surface area contributed by atoms with Crippen LogP contribution in [0.25, 0.3) is 0 Å². The SMILES string of the molecule is COc1ccc(S(=O)(=O)N2CCC(C(=O)NC(c3ccccc3)C3CC3)CC2)cc1. The highest BCUT2D eigenvalue weighted by molar-refractivity contribution is 7.89. The number of carbonyl (C=O) groups is 1. The summed E-state index contributed by atoms with van der Waals surface area (Å²) in [5.41, 5.74) is 1.15. The Balaban J connectivity index is 1.37. The minimum atomic E-state index is -3.56. The first-order chi connectivity index (χ1) is 14.5. The Morgan fingerprint density at radius 3 is 2.20 bits per heavy atom. The summed E-state index contributed by atoms with van der Waals surface area (Å²) in [6.45, 7) is 0.706. The van der Waals surface area contributed by atoms with Gasteiger partial charge < -0.3 is 10.1 Å². The molecule has 0 aromatic heterocycles. The van der Waals surface area contributed by atoms with Crippen LogP contribution in [0, 0.1) is 11.8 Å². The van der Waals surface area contributed by atoms with Gasteiger partial charge in [-0.25, -0.2) is 8.42 Å². The van der Waals surface area contributed by atoms with E-state index >= 15 is 0 Å². The van der Waals surface area contributed by atoms with Crippen LogP contribution in [0.15, 0.2) is 59.5 Å². The van der Waals surface area contributed by atoms with Gasteiger partial charge in [0.05, 0.1) is 18.0 Å². The van der Waals surface area contributed by atoms with Crippen molar-refractivity contribution in [3.8, 4) is 5.75 Å². The maximum atomic E-state index is 12.9. The fourth-order valence-corrected chi connectivity index (χ4v) is 5.56. The van der Waals surface area contributed by atoms with Crippen LogP contribution in [0.5, 0.6) is 5.75 Å². The first-order valence-electron chi connectivity index (χ1n) is 10.5. The molecule has 0 radical (unpaired) electrons. The molecule has 2 aromatic carbocycles. The molecule has 1 heterocycles. The lowest BCUT2D eigenvalue weighted by Gasteiger charge is -2.31. The molecule has 0 bridgehead atoms. The number of rotatable bonds is 7. The van der Waals surface area contributed by atoms with Crippen molar-refractivity contribution in [3.05, 3.63) is 60.2 Å². The van der Waals surface area contributed by atoms with Gasteiger partial charge in [-0.1, -0.05) is 30.3 Å². The zero-order chi connectivity index (χ0) is 21.1. The molecule has 1 unspecified atom stereocenters. The molecule has 1 N–H and O–H groups in total. The fourth-order valence-electron chi connectivity index (χ4n) is 4.09. The standard InChI is InChI=1S/C23H28N2O4S/c1-29-20-9-11-21(12-10-20)30(27,28)25-15-13-19(14-16-25)23(26)24-22(18-7-8-18)17-5-3-2-4-6-17/h2-6,9-12,18-19,22H,7-8,13-16H2,1H3,(H,24,26). The second-order valence-corrected chi connectivity index (χ2v) is 10.0. The van der Waals surface area contributed by atoms with Crippen LogP contribution in [0.4, 0.5) is 0 Å². The third-order valence-corrected chi connectivity index (χ3v) is 7.98. The Morgan fingerprint density at radius 2 is 1.63 bits per heavy atom. The topological polar surface area (TPSA) is 75.7 Å². The predicted molar refractivity (Wildman–Crippen MR) is 115 cm³/mol. The van der Waals surface area contributed by atoms with Crippen LogP contribution < -0.4 is 10.1 Å². The van der Waals surface area contributed by atoms with Crippen molar-refractivity contribution >= 4 is 15.9 Å². The molecule has 1 atom stereocenters. The minimum Gasteiger partial charge on any atom is -0.497 e. The van der Waals surface area contributed by atoms with Crippen molar-refractivity contribution in [3.63, 3.8) is 0 Å². The molecular formula is C23H28N2O4S. The van der Waals surface area contributed by atoms with Gasteiger partial charge in [-0.3, -0.25) is 4.79 Å². The molecule has 2 fully saturated rings. The lowest BCUT2D eigenvalue weighted by atomic mass is 9.95. The molecular weight excluding hydrogens is 400 g/mol. The van der Waals surface area contributed by atoms with Crippen molar-refractivity contribution in [2.45, 2.75) is 36.6 Å². The molecule has 1 saturated carbocycles. The highest BCUT2D eigenvalue weighted by Crippen LogP contribution is 2.41. The molecule has 1 amide bonds. The summed E-state index contributed by atoms with van der Waals surface area (Å²) in [4.78, 5) is 13.2. The Kier molecular flexibility index (Phi) is 6.11. The highest BCUT2D eigenvalue weighted by atomic mass is 32.2. The highest BCUT2D eigenvalue weighted by Gasteiger charge is 2.36. The van der Waals surface area contributed by atoms with Crippen LogP contribution in [-0.2, 0) is 14.8 Å². The van der Waals surface area contributed by atoms with E-state index in [1.54, 1.807) is 31.4 Å². The Hall–Kier alpha value is -2.38. The maximum Gasteiger partial charge on any atom is 0.243 e. The van der Waals surface area contributed by atoms with Crippen molar-refractivity contribution < 1.29 is 17.9 Å². The zero-order valence-electron chi connectivity index (χ0n) is 17.2. The monoisotopic (exact) mass is 428 g/mol. The number of benzene rings is 2. The summed E-state index contributed by atoms with van der Waals surface area (Å²) >= 11 is 0. The molecule has 1 aliphatic heterocycles. The van der Waals surface area contributed by atoms with Gasteiger partial charge >= 0.3 is 0 Å². The van der Waals surface area contributed by atoms with Gasteiger partial charge in [0.25, 0.3) is 0 Å². The van der Waals surface area contributed by atoms with Crippen molar-refractivity contribution in [1.82, 2.24) is 9.62 Å². The van der Waals surface area contributed by atoms with Crippen LogP contribution in [0.2, 0.25) is 0 Å². The first-order valence-corrected chi connectivity index (χ1v) is 11.9. The van der Waals surface area contributed by atoms with E-state index in [0.29, 0.717) is 37.6 Å². The molecule has 4 rings (SSSR count). The number of piperidine rings is 1. The Morgan fingerprint density at radius 1 is 1.00 bits per heavy atom. The van der Waals surface area contributed by atoms with Crippen LogP contribution in [0.1, 0.15) is 37.3 Å². The fraction of sp³-hybridized carbons (Fsp3) is 0.435. The number of methoxy groups -OCH3 is 1. The lowest BCUT2D eigenvalue weighted by molar-refractivity contribution is -0.127. The van der Waals surface area contributed by atoms with Crippen LogP contribution in [-0.4, -0.2) is 38.8 Å². The molecule has 1 saturated heterocycles. The molecule has 1 aliphatic carbocycles. The van der Waals surface area contributed by atoms with Crippen molar-refractivity contribution in [2.75, 3.05) is 20.2 Å². The van der Waals surface area contributed by atoms with E-state index in [1.807, 2.05) is 18.2 Å². The van der Waals surface area contributed by atoms with Gasteiger partial charge in [0.15, 0.2) is 0 Å². The average molecular weight is 429 g/mol. The van der Waals surface area contributed by atoms with Gasteiger partial charge in [0.2, 0.25) is 15.9 Å². The summed E-state index contributed by atoms with van der Waals surface area (Å²) in [7, 11) is -2.01. The maximum absolute atomic E-state index is 12.9. The van der Waals surface area contributed by atoms with Crippen LogP contribution >= 0.6 is 0 Å². The number of carbonyl (C=O) groups excluding carboxylic acids is 1. The number of sulfonamides is 1. The molecule has 30 heavy (non-hydrogen) atoms. The molecule has 0 spiro atoms. The van der Waals surface area contributed by atoms with Gasteiger partial charge in [-0.05, 0) is 61.4 Å². The van der Waals surface area contributed by atoms with Crippen molar-refractivity contribution in [2.24, 2.45) is 11.8 Å². The smallest absolute Gasteiger partial charge is 0.243 e. The molecule has 2 aliphatic rings. The van der Waals surface area contributed by atoms with Crippen molar-refractivity contribution in [1.29, 1.82) is 0 Å². The third-order valence-electron chi connectivity index (χ3n) is 6.07. The number of nitrogens with one attached hydrogen (secondary N) is 1. The van der Waals surface area contributed by atoms with E-state index in [9.17, 15) is 13.2 Å². The van der Waals surface area contributed by atoms with E-state index < -0.39 is 10.0 Å². The molecule has 160 valence electrons. The molecule has 6 nitrogen and oxygen atoms in total. The van der Waals surface area contributed by atoms with Gasteiger partial charge in [-0.15, -0.1) is 0 Å². The summed E-state index contributed by atoms with van der Waals surface area (Å²) in [6.07, 6.45) is 3.34. The van der Waals surface area contributed by atoms with Gasteiger partial charge in [0, 0.05) is 19.0 Å². The third kappa shape index (κ3) is 4.52. The second kappa shape index (κ2) is 8.78. The summed E-state index contributed by atoms with van der Waals surface area (Å²) < 4.78 is 32.4.